The van der Waals surface area contributed by atoms with Gasteiger partial charge in [0.25, 0.3) is 0 Å². The number of aryl methyl sites for hydroxylation is 3. The Labute approximate surface area is 144 Å². The van der Waals surface area contributed by atoms with Gasteiger partial charge >= 0.3 is 0 Å². The number of allylic oxidation sites excluding steroid dienone is 3. The Morgan fingerprint density at radius 3 is 2.57 bits per heavy atom. The zero-order valence-corrected chi connectivity index (χ0v) is 17.0. The summed E-state index contributed by atoms with van der Waals surface area (Å²) in [6.45, 7) is 8.97. The van der Waals surface area contributed by atoms with Crippen molar-refractivity contribution in [1.29, 1.82) is 0 Å². The minimum absolute atomic E-state index is 0.674. The predicted octanol–water partition coefficient (Wildman–Crippen LogP) is 6.50. The maximum absolute atomic E-state index is 2.53. The number of rotatable bonds is 3. The second-order valence-corrected chi connectivity index (χ2v) is 10.6. The third-order valence-corrected chi connectivity index (χ3v) is 9.19. The summed E-state index contributed by atoms with van der Waals surface area (Å²) in [7, 11) is 2.05. The molecule has 0 aliphatic carbocycles. The van der Waals surface area contributed by atoms with Crippen molar-refractivity contribution in [3.05, 3.63) is 74.6 Å². The van der Waals surface area contributed by atoms with Crippen molar-refractivity contribution in [2.75, 3.05) is 0 Å². The van der Waals surface area contributed by atoms with Crippen molar-refractivity contribution in [3.8, 4) is 0 Å². The van der Waals surface area contributed by atoms with Gasteiger partial charge < -0.3 is 0 Å². The van der Waals surface area contributed by atoms with Gasteiger partial charge in [0.15, 0.2) is 0 Å². The van der Waals surface area contributed by atoms with Crippen LogP contribution < -0.4 is 5.30 Å². The van der Waals surface area contributed by atoms with E-state index in [-0.39, 0.29) is 0 Å². The van der Waals surface area contributed by atoms with Crippen LogP contribution in [-0.4, -0.2) is 5.80 Å². The fourth-order valence-corrected chi connectivity index (χ4v) is 7.28. The Morgan fingerprint density at radius 2 is 1.87 bits per heavy atom. The first-order chi connectivity index (χ1) is 11.0. The molecular formula is C20H23P3. The summed E-state index contributed by atoms with van der Waals surface area (Å²) in [5.41, 5.74) is 5.79. The standard InChI is InChI=1S/C20H23P3/c1-14-10-19(22-12-15(14)2)11-18-7-9-23(13-16(18)3)20-6-5-8-21-17(20)4/h5-10,12-13,23H,11H2,1-4H3. The molecule has 118 valence electrons. The van der Waals surface area contributed by atoms with Gasteiger partial charge in [0.2, 0.25) is 0 Å². The van der Waals surface area contributed by atoms with Crippen LogP contribution in [0, 0.1) is 20.8 Å². The van der Waals surface area contributed by atoms with Crippen LogP contribution in [0.5, 0.6) is 0 Å². The Balaban J connectivity index is 1.87. The molecular weight excluding hydrogens is 333 g/mol. The van der Waals surface area contributed by atoms with E-state index >= 15 is 0 Å². The average Bonchev–Trinajstić information content (AvgIpc) is 2.53. The van der Waals surface area contributed by atoms with Crippen molar-refractivity contribution < 1.29 is 0 Å². The van der Waals surface area contributed by atoms with Crippen LogP contribution >= 0.6 is 23.9 Å². The van der Waals surface area contributed by atoms with Gasteiger partial charge in [-0.05, 0) is 77.5 Å². The molecule has 1 aliphatic rings. The Hall–Kier alpha value is -0.920. The van der Waals surface area contributed by atoms with Crippen molar-refractivity contribution in [2.45, 2.75) is 34.1 Å². The first-order valence-corrected chi connectivity index (χ1v) is 11.6. The van der Waals surface area contributed by atoms with Crippen molar-refractivity contribution in [1.82, 2.24) is 0 Å². The summed E-state index contributed by atoms with van der Waals surface area (Å²) < 4.78 is 0. The first-order valence-electron chi connectivity index (χ1n) is 7.98. The van der Waals surface area contributed by atoms with E-state index in [9.17, 15) is 0 Å². The molecule has 0 saturated carbocycles. The normalized spacial score (nSPS) is 18.0. The SMILES string of the molecule is CC1=C[PH](c2cccpc2C)=CC=C1Cc1cc(C)c(C)cp1. The predicted molar refractivity (Wildman–Crippen MR) is 112 cm³/mol. The van der Waals surface area contributed by atoms with Gasteiger partial charge in [-0.25, -0.2) is 0 Å². The van der Waals surface area contributed by atoms with E-state index in [0.29, 0.717) is 0 Å². The summed E-state index contributed by atoms with van der Waals surface area (Å²) in [5, 5.41) is 4.58. The smallest absolute Gasteiger partial charge is 0.00207 e. The molecule has 0 fully saturated rings. The Kier molecular flexibility index (Phi) is 5.38. The van der Waals surface area contributed by atoms with Gasteiger partial charge in [-0.15, -0.1) is 0 Å². The highest BCUT2D eigenvalue weighted by Crippen LogP contribution is 2.35. The molecule has 2 aromatic heterocycles. The van der Waals surface area contributed by atoms with Gasteiger partial charge in [0, 0.05) is 6.42 Å². The minimum atomic E-state index is -0.674. The molecule has 23 heavy (non-hydrogen) atoms. The molecule has 0 N–H and O–H groups in total. The summed E-state index contributed by atoms with van der Waals surface area (Å²) in [6.07, 6.45) is 3.47. The molecule has 0 saturated heterocycles. The average molecular weight is 356 g/mol. The Morgan fingerprint density at radius 1 is 1.04 bits per heavy atom. The maximum Gasteiger partial charge on any atom is 0.00207 e. The molecule has 3 heterocycles. The highest BCUT2D eigenvalue weighted by molar-refractivity contribution is 7.68. The van der Waals surface area contributed by atoms with Crippen molar-refractivity contribution in [2.24, 2.45) is 0 Å². The molecule has 0 spiro atoms. The number of hydrogen-bond acceptors (Lipinski definition) is 0. The molecule has 0 aromatic carbocycles. The molecule has 0 bridgehead atoms. The van der Waals surface area contributed by atoms with Crippen LogP contribution in [0.4, 0.5) is 0 Å². The van der Waals surface area contributed by atoms with Gasteiger partial charge in [-0.3, -0.25) is 0 Å². The molecule has 3 heteroatoms. The molecule has 0 radical (unpaired) electrons. The van der Waals surface area contributed by atoms with Gasteiger partial charge in [-0.1, -0.05) is 59.8 Å². The molecule has 0 amide bonds. The van der Waals surface area contributed by atoms with Gasteiger partial charge in [0.1, 0.15) is 0 Å². The van der Waals surface area contributed by atoms with Crippen LogP contribution in [0.3, 0.4) is 0 Å². The van der Waals surface area contributed by atoms with E-state index in [1.165, 1.54) is 49.2 Å². The highest BCUT2D eigenvalue weighted by atomic mass is 31.1. The summed E-state index contributed by atoms with van der Waals surface area (Å²) in [4.78, 5) is 0. The maximum atomic E-state index is 2.53. The monoisotopic (exact) mass is 356 g/mol. The number of hydrogen-bond donors (Lipinski definition) is 0. The molecule has 0 nitrogen and oxygen atoms in total. The van der Waals surface area contributed by atoms with E-state index in [0.717, 1.165) is 6.42 Å². The van der Waals surface area contributed by atoms with Crippen LogP contribution in [0.1, 0.15) is 28.6 Å². The molecule has 2 aromatic rings. The second-order valence-electron chi connectivity index (χ2n) is 6.21. The van der Waals surface area contributed by atoms with Crippen LogP contribution in [0.15, 0.2) is 52.8 Å². The lowest BCUT2D eigenvalue weighted by Gasteiger charge is -2.16. The third-order valence-electron chi connectivity index (χ3n) is 4.46. The fraction of sp³-hybridized carbons (Fsp3) is 0.250. The fourth-order valence-electron chi connectivity index (χ4n) is 2.83. The first kappa shape index (κ1) is 16.9. The largest absolute Gasteiger partial charge is 0.0726 e. The van der Waals surface area contributed by atoms with Crippen molar-refractivity contribution >= 4 is 35.0 Å². The van der Waals surface area contributed by atoms with E-state index in [1.807, 2.05) is 0 Å². The van der Waals surface area contributed by atoms with Gasteiger partial charge in [0.05, 0.1) is 0 Å². The van der Waals surface area contributed by atoms with Gasteiger partial charge in [-0.2, -0.15) is 0 Å². The summed E-state index contributed by atoms with van der Waals surface area (Å²) in [6, 6.07) is 6.89. The lowest BCUT2D eigenvalue weighted by Crippen LogP contribution is -2.02. The lowest BCUT2D eigenvalue weighted by molar-refractivity contribution is 1.18. The highest BCUT2D eigenvalue weighted by Gasteiger charge is 2.10. The van der Waals surface area contributed by atoms with Crippen LogP contribution in [0.25, 0.3) is 0 Å². The van der Waals surface area contributed by atoms with E-state index in [1.54, 1.807) is 5.30 Å². The van der Waals surface area contributed by atoms with E-state index < -0.39 is 7.55 Å². The Bertz CT molecular complexity index is 842. The van der Waals surface area contributed by atoms with Crippen molar-refractivity contribution in [3.63, 3.8) is 0 Å². The zero-order valence-electron chi connectivity index (χ0n) is 14.2. The molecule has 1 aliphatic heterocycles. The lowest BCUT2D eigenvalue weighted by atomic mass is 10.0. The van der Waals surface area contributed by atoms with Crippen LogP contribution in [-0.2, 0) is 6.42 Å². The minimum Gasteiger partial charge on any atom is -0.0726 e. The topological polar surface area (TPSA) is 0 Å². The zero-order chi connectivity index (χ0) is 16.4. The quantitative estimate of drug-likeness (QED) is 0.551. The van der Waals surface area contributed by atoms with E-state index in [4.69, 9.17) is 0 Å². The molecule has 1 unspecified atom stereocenters. The molecule has 3 rings (SSSR count). The summed E-state index contributed by atoms with van der Waals surface area (Å²) >= 11 is 0. The van der Waals surface area contributed by atoms with Crippen LogP contribution in [0.2, 0.25) is 0 Å². The molecule has 1 atom stereocenters. The summed E-state index contributed by atoms with van der Waals surface area (Å²) in [5.74, 6) is 9.56. The third kappa shape index (κ3) is 3.95. The van der Waals surface area contributed by atoms with E-state index in [2.05, 4.69) is 75.2 Å². The second kappa shape index (κ2) is 7.32.